The summed E-state index contributed by atoms with van der Waals surface area (Å²) >= 11 is 0. The zero-order valence-corrected chi connectivity index (χ0v) is 12.1. The lowest BCUT2D eigenvalue weighted by Gasteiger charge is -2.16. The Balaban J connectivity index is 2.12. The van der Waals surface area contributed by atoms with Gasteiger partial charge in [-0.3, -0.25) is 9.59 Å². The molecule has 0 saturated heterocycles. The van der Waals surface area contributed by atoms with Crippen LogP contribution in [0, 0.1) is 0 Å². The number of benzene rings is 1. The van der Waals surface area contributed by atoms with E-state index in [0.29, 0.717) is 17.1 Å². The minimum Gasteiger partial charge on any atom is -0.493 e. The Hall–Kier alpha value is -2.24. The van der Waals surface area contributed by atoms with Gasteiger partial charge in [0.15, 0.2) is 11.5 Å². The highest BCUT2D eigenvalue weighted by atomic mass is 16.5. The van der Waals surface area contributed by atoms with Crippen LogP contribution < -0.4 is 20.5 Å². The third kappa shape index (κ3) is 4.11. The molecule has 0 spiro atoms. The fraction of sp³-hybridized carbons (Fsp3) is 0.467. The van der Waals surface area contributed by atoms with E-state index in [0.717, 1.165) is 25.7 Å². The summed E-state index contributed by atoms with van der Waals surface area (Å²) < 4.78 is 11.2. The van der Waals surface area contributed by atoms with Gasteiger partial charge in [-0.25, -0.2) is 0 Å². The summed E-state index contributed by atoms with van der Waals surface area (Å²) in [5, 5.41) is 2.45. The van der Waals surface area contributed by atoms with Gasteiger partial charge in [0.2, 0.25) is 5.91 Å². The van der Waals surface area contributed by atoms with Crippen LogP contribution in [0.15, 0.2) is 18.2 Å². The maximum atomic E-state index is 11.9. The first kappa shape index (κ1) is 15.2. The summed E-state index contributed by atoms with van der Waals surface area (Å²) in [5.74, 6) is 0.191. The van der Waals surface area contributed by atoms with E-state index in [1.165, 1.54) is 0 Å². The predicted molar refractivity (Wildman–Crippen MR) is 77.4 cm³/mol. The van der Waals surface area contributed by atoms with Crippen LogP contribution in [0.5, 0.6) is 11.5 Å². The molecule has 0 aromatic heterocycles. The molecule has 2 amide bonds. The van der Waals surface area contributed by atoms with Crippen LogP contribution >= 0.6 is 0 Å². The molecule has 0 aliphatic heterocycles. The minimum atomic E-state index is -0.584. The summed E-state index contributed by atoms with van der Waals surface area (Å²) in [5.41, 5.74) is 5.41. The molecule has 0 unspecified atom stereocenters. The molecule has 114 valence electrons. The van der Waals surface area contributed by atoms with E-state index in [1.54, 1.807) is 25.3 Å². The topological polar surface area (TPSA) is 90.6 Å². The van der Waals surface area contributed by atoms with Crippen LogP contribution in [0.2, 0.25) is 0 Å². The van der Waals surface area contributed by atoms with Crippen molar-refractivity contribution in [3.8, 4) is 11.5 Å². The Morgan fingerprint density at radius 3 is 2.62 bits per heavy atom. The standard InChI is InChI=1S/C15H20N2O4/c1-20-12-7-6-10(15(19)17-9-14(16)18)8-13(12)21-11-4-2-3-5-11/h6-8,11H,2-5,9H2,1H3,(H2,16,18)(H,17,19). The average Bonchev–Trinajstić information content (AvgIpc) is 2.97. The summed E-state index contributed by atoms with van der Waals surface area (Å²) in [7, 11) is 1.56. The van der Waals surface area contributed by atoms with Crippen molar-refractivity contribution in [3.05, 3.63) is 23.8 Å². The van der Waals surface area contributed by atoms with Gasteiger partial charge in [0, 0.05) is 5.56 Å². The number of methoxy groups -OCH3 is 1. The lowest BCUT2D eigenvalue weighted by Crippen LogP contribution is -2.33. The van der Waals surface area contributed by atoms with Crippen LogP contribution in [0.1, 0.15) is 36.0 Å². The van der Waals surface area contributed by atoms with Crippen molar-refractivity contribution in [1.29, 1.82) is 0 Å². The molecule has 3 N–H and O–H groups in total. The number of carbonyl (C=O) groups is 2. The average molecular weight is 292 g/mol. The van der Waals surface area contributed by atoms with Crippen molar-refractivity contribution >= 4 is 11.8 Å². The lowest BCUT2D eigenvalue weighted by atomic mass is 10.2. The Morgan fingerprint density at radius 1 is 1.29 bits per heavy atom. The third-order valence-corrected chi connectivity index (χ3v) is 3.44. The summed E-state index contributed by atoms with van der Waals surface area (Å²) in [6.45, 7) is -0.191. The van der Waals surface area contributed by atoms with E-state index < -0.39 is 5.91 Å². The summed E-state index contributed by atoms with van der Waals surface area (Å²) in [4.78, 5) is 22.6. The van der Waals surface area contributed by atoms with Gasteiger partial charge >= 0.3 is 0 Å². The zero-order valence-electron chi connectivity index (χ0n) is 12.1. The highest BCUT2D eigenvalue weighted by Crippen LogP contribution is 2.32. The number of rotatable bonds is 6. The van der Waals surface area contributed by atoms with Crippen LogP contribution in [-0.2, 0) is 4.79 Å². The molecule has 0 atom stereocenters. The summed E-state index contributed by atoms with van der Waals surface area (Å²) in [6.07, 6.45) is 4.52. The van der Waals surface area contributed by atoms with Crippen LogP contribution in [0.25, 0.3) is 0 Å². The molecule has 6 heteroatoms. The van der Waals surface area contributed by atoms with Crippen molar-refractivity contribution in [2.75, 3.05) is 13.7 Å². The molecule has 1 aromatic rings. The normalized spacial score (nSPS) is 14.7. The van der Waals surface area contributed by atoms with Crippen molar-refractivity contribution in [2.24, 2.45) is 5.73 Å². The van der Waals surface area contributed by atoms with Crippen molar-refractivity contribution in [1.82, 2.24) is 5.32 Å². The molecule has 0 bridgehead atoms. The molecular weight excluding hydrogens is 272 g/mol. The van der Waals surface area contributed by atoms with Gasteiger partial charge in [0.1, 0.15) is 0 Å². The van der Waals surface area contributed by atoms with Crippen molar-refractivity contribution in [3.63, 3.8) is 0 Å². The molecule has 0 heterocycles. The van der Waals surface area contributed by atoms with Gasteiger partial charge < -0.3 is 20.5 Å². The molecular formula is C15H20N2O4. The molecule has 1 saturated carbocycles. The highest BCUT2D eigenvalue weighted by Gasteiger charge is 2.19. The number of amides is 2. The van der Waals surface area contributed by atoms with Crippen LogP contribution in [0.4, 0.5) is 0 Å². The first-order chi connectivity index (χ1) is 10.1. The zero-order chi connectivity index (χ0) is 15.2. The predicted octanol–water partition coefficient (Wildman–Crippen LogP) is 1.23. The molecule has 1 fully saturated rings. The van der Waals surface area contributed by atoms with Gasteiger partial charge in [-0.1, -0.05) is 0 Å². The van der Waals surface area contributed by atoms with Crippen molar-refractivity contribution in [2.45, 2.75) is 31.8 Å². The second kappa shape index (κ2) is 6.97. The second-order valence-corrected chi connectivity index (χ2v) is 5.04. The maximum absolute atomic E-state index is 11.9. The molecule has 2 rings (SSSR count). The van der Waals surface area contributed by atoms with E-state index in [-0.39, 0.29) is 18.6 Å². The molecule has 21 heavy (non-hydrogen) atoms. The third-order valence-electron chi connectivity index (χ3n) is 3.44. The van der Waals surface area contributed by atoms with Crippen LogP contribution in [-0.4, -0.2) is 31.6 Å². The number of carbonyl (C=O) groups excluding carboxylic acids is 2. The number of nitrogens with two attached hydrogens (primary N) is 1. The van der Waals surface area contributed by atoms with E-state index in [2.05, 4.69) is 5.32 Å². The monoisotopic (exact) mass is 292 g/mol. The first-order valence-corrected chi connectivity index (χ1v) is 7.01. The molecule has 1 aliphatic rings. The van der Waals surface area contributed by atoms with Gasteiger partial charge in [-0.15, -0.1) is 0 Å². The Kier molecular flexibility index (Phi) is 5.03. The Morgan fingerprint density at radius 2 is 2.00 bits per heavy atom. The highest BCUT2D eigenvalue weighted by molar-refractivity contribution is 5.96. The van der Waals surface area contributed by atoms with Gasteiger partial charge in [0.25, 0.3) is 5.91 Å². The van der Waals surface area contributed by atoms with E-state index in [4.69, 9.17) is 15.2 Å². The van der Waals surface area contributed by atoms with E-state index >= 15 is 0 Å². The molecule has 1 aliphatic carbocycles. The Labute approximate surface area is 123 Å². The Bertz CT molecular complexity index is 524. The fourth-order valence-corrected chi connectivity index (χ4v) is 2.37. The largest absolute Gasteiger partial charge is 0.493 e. The number of hydrogen-bond acceptors (Lipinski definition) is 4. The number of hydrogen-bond donors (Lipinski definition) is 2. The number of primary amides is 1. The SMILES string of the molecule is COc1ccc(C(=O)NCC(N)=O)cc1OC1CCCC1. The first-order valence-electron chi connectivity index (χ1n) is 7.01. The van der Waals surface area contributed by atoms with Crippen LogP contribution in [0.3, 0.4) is 0 Å². The minimum absolute atomic E-state index is 0.169. The molecule has 1 aromatic carbocycles. The maximum Gasteiger partial charge on any atom is 0.251 e. The molecule has 6 nitrogen and oxygen atoms in total. The second-order valence-electron chi connectivity index (χ2n) is 5.04. The van der Waals surface area contributed by atoms with E-state index in [9.17, 15) is 9.59 Å². The van der Waals surface area contributed by atoms with Gasteiger partial charge in [-0.05, 0) is 43.9 Å². The summed E-state index contributed by atoms with van der Waals surface area (Å²) in [6, 6.07) is 4.94. The number of nitrogens with one attached hydrogen (secondary N) is 1. The van der Waals surface area contributed by atoms with Crippen molar-refractivity contribution < 1.29 is 19.1 Å². The quantitative estimate of drug-likeness (QED) is 0.825. The smallest absolute Gasteiger partial charge is 0.251 e. The number of ether oxygens (including phenoxy) is 2. The fourth-order valence-electron chi connectivity index (χ4n) is 2.37. The van der Waals surface area contributed by atoms with Gasteiger partial charge in [-0.2, -0.15) is 0 Å². The molecule has 0 radical (unpaired) electrons. The van der Waals surface area contributed by atoms with E-state index in [1.807, 2.05) is 0 Å². The van der Waals surface area contributed by atoms with Gasteiger partial charge in [0.05, 0.1) is 19.8 Å². The lowest BCUT2D eigenvalue weighted by molar-refractivity contribution is -0.117.